The van der Waals surface area contributed by atoms with Crippen molar-refractivity contribution < 1.29 is 14.3 Å². The van der Waals surface area contributed by atoms with Gasteiger partial charge in [-0.05, 0) is 42.9 Å². The quantitative estimate of drug-likeness (QED) is 0.693. The number of amides is 1. The van der Waals surface area contributed by atoms with Gasteiger partial charge in [0.2, 0.25) is 5.91 Å². The van der Waals surface area contributed by atoms with Crippen LogP contribution in [0.15, 0.2) is 18.2 Å². The molecule has 25 heavy (non-hydrogen) atoms. The van der Waals surface area contributed by atoms with Crippen molar-refractivity contribution in [1.29, 1.82) is 0 Å². The highest BCUT2D eigenvalue weighted by Gasteiger charge is 2.18. The molecule has 0 spiro atoms. The van der Waals surface area contributed by atoms with E-state index >= 15 is 0 Å². The van der Waals surface area contributed by atoms with Crippen molar-refractivity contribution in [3.8, 4) is 11.5 Å². The second-order valence-electron chi connectivity index (χ2n) is 7.08. The number of nitrogens with one attached hydrogen (secondary N) is 1. The Kier molecular flexibility index (Phi) is 10.6. The summed E-state index contributed by atoms with van der Waals surface area (Å²) in [4.78, 5) is 12.2. The molecule has 3 N–H and O–H groups in total. The molecule has 0 aliphatic heterocycles. The van der Waals surface area contributed by atoms with Gasteiger partial charge < -0.3 is 20.5 Å². The molecule has 1 aromatic carbocycles. The van der Waals surface area contributed by atoms with Crippen LogP contribution >= 0.6 is 12.4 Å². The Balaban J connectivity index is 0.00000576. The first-order valence-corrected chi connectivity index (χ1v) is 8.61. The van der Waals surface area contributed by atoms with Gasteiger partial charge in [0.1, 0.15) is 0 Å². The van der Waals surface area contributed by atoms with Gasteiger partial charge in [-0.25, -0.2) is 0 Å². The summed E-state index contributed by atoms with van der Waals surface area (Å²) in [5.74, 6) is 2.08. The minimum Gasteiger partial charge on any atom is -0.493 e. The third kappa shape index (κ3) is 7.97. The van der Waals surface area contributed by atoms with Crippen LogP contribution in [0, 0.1) is 11.8 Å². The number of carbonyl (C=O) groups is 1. The average molecular weight is 373 g/mol. The zero-order chi connectivity index (χ0) is 18.3. The lowest BCUT2D eigenvalue weighted by molar-refractivity contribution is -0.123. The predicted octanol–water partition coefficient (Wildman–Crippen LogP) is 3.70. The largest absolute Gasteiger partial charge is 0.493 e. The van der Waals surface area contributed by atoms with Crippen LogP contribution < -0.4 is 20.5 Å². The van der Waals surface area contributed by atoms with Crippen molar-refractivity contribution in [2.24, 2.45) is 17.6 Å². The van der Waals surface area contributed by atoms with E-state index in [2.05, 4.69) is 33.0 Å². The van der Waals surface area contributed by atoms with Crippen molar-refractivity contribution in [2.45, 2.75) is 53.1 Å². The first-order chi connectivity index (χ1) is 11.2. The molecule has 144 valence electrons. The molecular weight excluding hydrogens is 340 g/mol. The molecule has 6 heteroatoms. The molecule has 0 heterocycles. The monoisotopic (exact) mass is 372 g/mol. The van der Waals surface area contributed by atoms with E-state index in [9.17, 15) is 4.79 Å². The Labute approximate surface area is 158 Å². The van der Waals surface area contributed by atoms with Gasteiger partial charge in [-0.2, -0.15) is 0 Å². The molecule has 0 bridgehead atoms. The van der Waals surface area contributed by atoms with E-state index in [-0.39, 0.29) is 24.4 Å². The van der Waals surface area contributed by atoms with Crippen molar-refractivity contribution in [3.63, 3.8) is 0 Å². The molecular formula is C19H33ClN2O3. The third-order valence-electron chi connectivity index (χ3n) is 3.68. The summed E-state index contributed by atoms with van der Waals surface area (Å²) in [7, 11) is 1.61. The smallest absolute Gasteiger partial charge is 0.237 e. The zero-order valence-corrected chi connectivity index (χ0v) is 17.0. The van der Waals surface area contributed by atoms with Crippen LogP contribution in [0.2, 0.25) is 0 Å². The minimum absolute atomic E-state index is 0. The SMILES string of the molecule is COc1cc(C(C)NC(=O)[C@@H](N)CC(C)C)ccc1OCC(C)C.Cl. The van der Waals surface area contributed by atoms with E-state index in [0.29, 0.717) is 36.4 Å². The Morgan fingerprint density at radius 1 is 1.12 bits per heavy atom. The summed E-state index contributed by atoms with van der Waals surface area (Å²) in [6, 6.07) is 5.09. The number of halogens is 1. The van der Waals surface area contributed by atoms with Crippen molar-refractivity contribution >= 4 is 18.3 Å². The van der Waals surface area contributed by atoms with E-state index < -0.39 is 6.04 Å². The average Bonchev–Trinajstić information content (AvgIpc) is 2.51. The maximum atomic E-state index is 12.2. The van der Waals surface area contributed by atoms with Crippen LogP contribution in [-0.2, 0) is 4.79 Å². The molecule has 2 atom stereocenters. The number of nitrogens with two attached hydrogens (primary N) is 1. The topological polar surface area (TPSA) is 73.6 Å². The summed E-state index contributed by atoms with van der Waals surface area (Å²) in [6.45, 7) is 10.9. The van der Waals surface area contributed by atoms with E-state index in [4.69, 9.17) is 15.2 Å². The maximum Gasteiger partial charge on any atom is 0.237 e. The fourth-order valence-corrected chi connectivity index (χ4v) is 2.35. The summed E-state index contributed by atoms with van der Waals surface area (Å²) < 4.78 is 11.2. The minimum atomic E-state index is -0.483. The van der Waals surface area contributed by atoms with Crippen LogP contribution in [0.4, 0.5) is 0 Å². The second kappa shape index (κ2) is 11.2. The number of rotatable bonds is 9. The van der Waals surface area contributed by atoms with Gasteiger partial charge in [-0.3, -0.25) is 4.79 Å². The fourth-order valence-electron chi connectivity index (χ4n) is 2.35. The van der Waals surface area contributed by atoms with E-state index in [1.54, 1.807) is 7.11 Å². The van der Waals surface area contributed by atoms with Gasteiger partial charge >= 0.3 is 0 Å². The van der Waals surface area contributed by atoms with Gasteiger partial charge in [0.15, 0.2) is 11.5 Å². The first-order valence-electron chi connectivity index (χ1n) is 8.61. The number of methoxy groups -OCH3 is 1. The highest BCUT2D eigenvalue weighted by atomic mass is 35.5. The molecule has 0 saturated heterocycles. The lowest BCUT2D eigenvalue weighted by Gasteiger charge is -2.20. The lowest BCUT2D eigenvalue weighted by atomic mass is 10.0. The summed E-state index contributed by atoms with van der Waals surface area (Å²) in [6.07, 6.45) is 0.670. The molecule has 5 nitrogen and oxygen atoms in total. The molecule has 0 aliphatic rings. The third-order valence-corrected chi connectivity index (χ3v) is 3.68. The van der Waals surface area contributed by atoms with Gasteiger partial charge in [-0.15, -0.1) is 12.4 Å². The lowest BCUT2D eigenvalue weighted by Crippen LogP contribution is -2.42. The Bertz CT molecular complexity index is 535. The molecule has 0 saturated carbocycles. The van der Waals surface area contributed by atoms with E-state index in [0.717, 1.165) is 5.56 Å². The number of carbonyl (C=O) groups excluding carboxylic acids is 1. The molecule has 0 fully saturated rings. The normalized spacial score (nSPS) is 13.2. The van der Waals surface area contributed by atoms with Crippen molar-refractivity contribution in [1.82, 2.24) is 5.32 Å². The van der Waals surface area contributed by atoms with Crippen LogP contribution in [-0.4, -0.2) is 25.7 Å². The van der Waals surface area contributed by atoms with Gasteiger partial charge in [0, 0.05) is 0 Å². The first kappa shape index (κ1) is 23.5. The summed E-state index contributed by atoms with van der Waals surface area (Å²) in [5.41, 5.74) is 6.89. The molecule has 0 aliphatic carbocycles. The van der Waals surface area contributed by atoms with Crippen LogP contribution in [0.5, 0.6) is 11.5 Å². The van der Waals surface area contributed by atoms with Gasteiger partial charge in [0.25, 0.3) is 0 Å². The van der Waals surface area contributed by atoms with Crippen LogP contribution in [0.25, 0.3) is 0 Å². The highest BCUT2D eigenvalue weighted by molar-refractivity contribution is 5.85. The van der Waals surface area contributed by atoms with E-state index in [1.807, 2.05) is 25.1 Å². The van der Waals surface area contributed by atoms with Crippen molar-refractivity contribution in [2.75, 3.05) is 13.7 Å². The Morgan fingerprint density at radius 2 is 1.76 bits per heavy atom. The fraction of sp³-hybridized carbons (Fsp3) is 0.632. The number of ether oxygens (including phenoxy) is 2. The Hall–Kier alpha value is -1.46. The molecule has 1 rings (SSSR count). The highest BCUT2D eigenvalue weighted by Crippen LogP contribution is 2.30. The molecule has 1 aromatic rings. The van der Waals surface area contributed by atoms with E-state index in [1.165, 1.54) is 0 Å². The summed E-state index contributed by atoms with van der Waals surface area (Å²) >= 11 is 0. The molecule has 0 radical (unpaired) electrons. The molecule has 0 aromatic heterocycles. The maximum absolute atomic E-state index is 12.2. The Morgan fingerprint density at radius 3 is 2.28 bits per heavy atom. The standard InChI is InChI=1S/C19H32N2O3.ClH/c1-12(2)9-16(20)19(22)21-14(5)15-7-8-17(18(10-15)23-6)24-11-13(3)4;/h7-8,10,12-14,16H,9,11,20H2,1-6H3,(H,21,22);1H/t14?,16-;/m0./s1. The summed E-state index contributed by atoms with van der Waals surface area (Å²) in [5, 5.41) is 2.96. The number of benzene rings is 1. The van der Waals surface area contributed by atoms with Crippen molar-refractivity contribution in [3.05, 3.63) is 23.8 Å². The molecule has 1 unspecified atom stereocenters. The zero-order valence-electron chi connectivity index (χ0n) is 16.2. The predicted molar refractivity (Wildman–Crippen MR) is 105 cm³/mol. The molecule has 1 amide bonds. The van der Waals surface area contributed by atoms with Crippen LogP contribution in [0.3, 0.4) is 0 Å². The van der Waals surface area contributed by atoms with Gasteiger partial charge in [0.05, 0.1) is 25.8 Å². The van der Waals surface area contributed by atoms with Crippen LogP contribution in [0.1, 0.15) is 52.6 Å². The second-order valence-corrected chi connectivity index (χ2v) is 7.08. The number of hydrogen-bond acceptors (Lipinski definition) is 4. The van der Waals surface area contributed by atoms with Gasteiger partial charge in [-0.1, -0.05) is 33.8 Å². The number of hydrogen-bond donors (Lipinski definition) is 2.